The summed E-state index contributed by atoms with van der Waals surface area (Å²) in [7, 11) is 0. The smallest absolute Gasteiger partial charge is 0.306 e. The van der Waals surface area contributed by atoms with Crippen LogP contribution in [0.3, 0.4) is 0 Å². The molecule has 3 N–H and O–H groups in total. The molecule has 0 aliphatic heterocycles. The minimum atomic E-state index is -1.07. The third-order valence-corrected chi connectivity index (χ3v) is 6.04. The van der Waals surface area contributed by atoms with Gasteiger partial charge in [0.25, 0.3) is 5.91 Å². The monoisotopic (exact) mass is 395 g/mol. The molecular weight excluding hydrogens is 366 g/mol. The Hall–Kier alpha value is -2.66. The average molecular weight is 395 g/mol. The van der Waals surface area contributed by atoms with Gasteiger partial charge in [-0.05, 0) is 64.6 Å². The van der Waals surface area contributed by atoms with Gasteiger partial charge >= 0.3 is 5.97 Å². The van der Waals surface area contributed by atoms with Crippen molar-refractivity contribution in [2.45, 2.75) is 63.9 Å². The van der Waals surface area contributed by atoms with Crippen LogP contribution in [0.2, 0.25) is 0 Å². The average Bonchev–Trinajstić information content (AvgIpc) is 2.65. The Labute approximate surface area is 171 Å². The second kappa shape index (κ2) is 7.64. The summed E-state index contributed by atoms with van der Waals surface area (Å²) in [5.41, 5.74) is 4.39. The standard InChI is InChI=1S/C24H29NO4/c1-23(2)11-12-24(3,4)19-13-16(7-10-18(19)23)22(29)25-17-8-5-15(6-9-17)20(26)14-21(27)28/h5-10,13,20,26H,11-12,14H2,1-4H3,(H,25,29)(H,27,28). The number of carbonyl (C=O) groups excluding carboxylic acids is 1. The van der Waals surface area contributed by atoms with Crippen molar-refractivity contribution >= 4 is 17.6 Å². The van der Waals surface area contributed by atoms with Crippen molar-refractivity contribution < 1.29 is 19.8 Å². The van der Waals surface area contributed by atoms with Crippen LogP contribution < -0.4 is 5.32 Å². The molecule has 0 aromatic heterocycles. The van der Waals surface area contributed by atoms with Gasteiger partial charge in [-0.15, -0.1) is 0 Å². The summed E-state index contributed by atoms with van der Waals surface area (Å²) < 4.78 is 0. The van der Waals surface area contributed by atoms with Crippen LogP contribution in [0.1, 0.15) is 80.1 Å². The fourth-order valence-corrected chi connectivity index (χ4v) is 4.01. The molecular formula is C24H29NO4. The molecule has 29 heavy (non-hydrogen) atoms. The highest BCUT2D eigenvalue weighted by molar-refractivity contribution is 6.04. The molecule has 0 saturated carbocycles. The van der Waals surface area contributed by atoms with E-state index >= 15 is 0 Å². The lowest BCUT2D eigenvalue weighted by molar-refractivity contribution is -0.139. The van der Waals surface area contributed by atoms with Crippen LogP contribution in [0.15, 0.2) is 42.5 Å². The van der Waals surface area contributed by atoms with Gasteiger partial charge in [0.05, 0.1) is 12.5 Å². The molecule has 0 bridgehead atoms. The van der Waals surface area contributed by atoms with Crippen LogP contribution in [0.4, 0.5) is 5.69 Å². The Morgan fingerprint density at radius 1 is 0.966 bits per heavy atom. The molecule has 2 aromatic rings. The van der Waals surface area contributed by atoms with E-state index in [4.69, 9.17) is 5.11 Å². The van der Waals surface area contributed by atoms with Crippen molar-refractivity contribution in [2.24, 2.45) is 0 Å². The number of carboxylic acid groups (broad SMARTS) is 1. The van der Waals surface area contributed by atoms with Crippen LogP contribution in [0.5, 0.6) is 0 Å². The van der Waals surface area contributed by atoms with Crippen LogP contribution in [-0.2, 0) is 15.6 Å². The van der Waals surface area contributed by atoms with E-state index in [1.54, 1.807) is 24.3 Å². The van der Waals surface area contributed by atoms with E-state index < -0.39 is 12.1 Å². The SMILES string of the molecule is CC1(C)CCC(C)(C)c2cc(C(=O)Nc3ccc(C(O)CC(=O)O)cc3)ccc21. The van der Waals surface area contributed by atoms with Crippen molar-refractivity contribution in [2.75, 3.05) is 5.32 Å². The fraction of sp³-hybridized carbons (Fsp3) is 0.417. The first kappa shape index (κ1) is 21.1. The van der Waals surface area contributed by atoms with Gasteiger partial charge in [0.1, 0.15) is 0 Å². The molecule has 0 spiro atoms. The molecule has 5 nitrogen and oxygen atoms in total. The predicted octanol–water partition coefficient (Wildman–Crippen LogP) is 4.80. The Kier molecular flexibility index (Phi) is 5.54. The number of aliphatic hydroxyl groups excluding tert-OH is 1. The Morgan fingerprint density at radius 2 is 1.55 bits per heavy atom. The van der Waals surface area contributed by atoms with Gasteiger partial charge in [-0.25, -0.2) is 0 Å². The number of benzene rings is 2. The summed E-state index contributed by atoms with van der Waals surface area (Å²) in [4.78, 5) is 23.5. The maximum absolute atomic E-state index is 12.8. The van der Waals surface area contributed by atoms with Crippen molar-refractivity contribution in [3.8, 4) is 0 Å². The normalized spacial score (nSPS) is 17.8. The van der Waals surface area contributed by atoms with E-state index in [9.17, 15) is 14.7 Å². The van der Waals surface area contributed by atoms with Gasteiger partial charge in [-0.1, -0.05) is 45.9 Å². The lowest BCUT2D eigenvalue weighted by Crippen LogP contribution is -2.34. The quantitative estimate of drug-likeness (QED) is 0.679. The maximum Gasteiger partial charge on any atom is 0.306 e. The number of anilines is 1. The number of aliphatic carboxylic acids is 1. The molecule has 1 unspecified atom stereocenters. The number of hydrogen-bond acceptors (Lipinski definition) is 3. The summed E-state index contributed by atoms with van der Waals surface area (Å²) in [6.07, 6.45) is 0.785. The number of nitrogens with one attached hydrogen (secondary N) is 1. The number of carbonyl (C=O) groups is 2. The van der Waals surface area contributed by atoms with Gasteiger partial charge in [-0.3, -0.25) is 9.59 Å². The lowest BCUT2D eigenvalue weighted by Gasteiger charge is -2.42. The first-order chi connectivity index (χ1) is 13.5. The Bertz CT molecular complexity index is 928. The second-order valence-corrected chi connectivity index (χ2v) is 9.22. The Balaban J connectivity index is 1.79. The maximum atomic E-state index is 12.8. The van der Waals surface area contributed by atoms with Gasteiger partial charge in [0.2, 0.25) is 0 Å². The zero-order valence-corrected chi connectivity index (χ0v) is 17.5. The molecule has 0 radical (unpaired) electrons. The molecule has 154 valence electrons. The van der Waals surface area contributed by atoms with Gasteiger partial charge in [-0.2, -0.15) is 0 Å². The number of amides is 1. The molecule has 0 fully saturated rings. The topological polar surface area (TPSA) is 86.6 Å². The number of fused-ring (bicyclic) bond motifs is 1. The van der Waals surface area contributed by atoms with E-state index in [0.29, 0.717) is 16.8 Å². The summed E-state index contributed by atoms with van der Waals surface area (Å²) in [6.45, 7) is 8.95. The fourth-order valence-electron chi connectivity index (χ4n) is 4.01. The number of carboxylic acids is 1. The third-order valence-electron chi connectivity index (χ3n) is 6.04. The van der Waals surface area contributed by atoms with Crippen molar-refractivity contribution in [3.63, 3.8) is 0 Å². The highest BCUT2D eigenvalue weighted by Gasteiger charge is 2.37. The van der Waals surface area contributed by atoms with Crippen molar-refractivity contribution in [1.29, 1.82) is 0 Å². The molecule has 0 heterocycles. The predicted molar refractivity (Wildman–Crippen MR) is 113 cm³/mol. The highest BCUT2D eigenvalue weighted by Crippen LogP contribution is 2.45. The third kappa shape index (κ3) is 4.51. The van der Waals surface area contributed by atoms with Gasteiger partial charge < -0.3 is 15.5 Å². The second-order valence-electron chi connectivity index (χ2n) is 9.22. The zero-order chi connectivity index (χ0) is 21.4. The molecule has 1 atom stereocenters. The molecule has 1 aliphatic carbocycles. The van der Waals surface area contributed by atoms with E-state index in [-0.39, 0.29) is 23.2 Å². The van der Waals surface area contributed by atoms with Crippen LogP contribution >= 0.6 is 0 Å². The van der Waals surface area contributed by atoms with Crippen LogP contribution in [-0.4, -0.2) is 22.1 Å². The number of aliphatic hydroxyl groups is 1. The molecule has 1 aliphatic rings. The Morgan fingerprint density at radius 3 is 2.14 bits per heavy atom. The molecule has 3 rings (SSSR count). The van der Waals surface area contributed by atoms with E-state index in [1.165, 1.54) is 11.1 Å². The minimum Gasteiger partial charge on any atom is -0.481 e. The minimum absolute atomic E-state index is 0.0308. The summed E-state index contributed by atoms with van der Waals surface area (Å²) in [5, 5.41) is 21.5. The van der Waals surface area contributed by atoms with Gasteiger partial charge in [0.15, 0.2) is 0 Å². The van der Waals surface area contributed by atoms with Crippen molar-refractivity contribution in [1.82, 2.24) is 0 Å². The summed E-state index contributed by atoms with van der Waals surface area (Å²) in [6, 6.07) is 12.6. The van der Waals surface area contributed by atoms with E-state index in [1.807, 2.05) is 12.1 Å². The molecule has 0 saturated heterocycles. The van der Waals surface area contributed by atoms with E-state index in [2.05, 4.69) is 39.1 Å². The summed E-state index contributed by atoms with van der Waals surface area (Å²) >= 11 is 0. The molecule has 1 amide bonds. The number of rotatable bonds is 5. The van der Waals surface area contributed by atoms with Crippen molar-refractivity contribution in [3.05, 3.63) is 64.7 Å². The largest absolute Gasteiger partial charge is 0.481 e. The van der Waals surface area contributed by atoms with Gasteiger partial charge in [0, 0.05) is 11.3 Å². The summed E-state index contributed by atoms with van der Waals surface area (Å²) in [5.74, 6) is -1.25. The first-order valence-electron chi connectivity index (χ1n) is 9.96. The first-order valence-corrected chi connectivity index (χ1v) is 9.96. The lowest BCUT2D eigenvalue weighted by atomic mass is 9.63. The number of hydrogen-bond donors (Lipinski definition) is 3. The molecule has 2 aromatic carbocycles. The van der Waals surface area contributed by atoms with Crippen LogP contribution in [0.25, 0.3) is 0 Å². The van der Waals surface area contributed by atoms with E-state index in [0.717, 1.165) is 12.8 Å². The molecule has 5 heteroatoms. The van der Waals surface area contributed by atoms with Crippen LogP contribution in [0, 0.1) is 0 Å². The zero-order valence-electron chi connectivity index (χ0n) is 17.5. The highest BCUT2D eigenvalue weighted by atomic mass is 16.4.